The molecule has 1 aromatic heterocycles. The summed E-state index contributed by atoms with van der Waals surface area (Å²) in [6, 6.07) is 11.1. The van der Waals surface area contributed by atoms with Crippen LogP contribution in [0.15, 0.2) is 47.1 Å². The minimum atomic E-state index is -0.655. The molecule has 2 aromatic rings. The van der Waals surface area contributed by atoms with Crippen molar-refractivity contribution in [3.05, 3.63) is 52.6 Å². The summed E-state index contributed by atoms with van der Waals surface area (Å²) in [4.78, 5) is 16.1. The highest BCUT2D eigenvalue weighted by Crippen LogP contribution is 2.35. The molecule has 0 aliphatic carbocycles. The van der Waals surface area contributed by atoms with E-state index < -0.39 is 6.10 Å². The van der Waals surface area contributed by atoms with Crippen molar-refractivity contribution >= 4 is 27.7 Å². The van der Waals surface area contributed by atoms with Crippen molar-refractivity contribution in [1.29, 1.82) is 0 Å². The van der Waals surface area contributed by atoms with E-state index in [9.17, 15) is 4.79 Å². The SMILES string of the molecule is O=C1Nc2ncccc2OC1c1ccccc1Br. The number of nitrogens with zero attached hydrogens (tertiary/aromatic N) is 1. The van der Waals surface area contributed by atoms with Gasteiger partial charge >= 0.3 is 0 Å². The van der Waals surface area contributed by atoms with Crippen LogP contribution in [0.4, 0.5) is 5.82 Å². The number of rotatable bonds is 1. The Kier molecular flexibility index (Phi) is 2.76. The molecule has 4 nitrogen and oxygen atoms in total. The molecule has 1 unspecified atom stereocenters. The molecule has 18 heavy (non-hydrogen) atoms. The van der Waals surface area contributed by atoms with E-state index >= 15 is 0 Å². The molecule has 1 aromatic carbocycles. The van der Waals surface area contributed by atoms with Crippen LogP contribution in [0.1, 0.15) is 11.7 Å². The Morgan fingerprint density at radius 3 is 2.89 bits per heavy atom. The van der Waals surface area contributed by atoms with E-state index in [2.05, 4.69) is 26.2 Å². The Bertz CT molecular complexity index is 615. The summed E-state index contributed by atoms with van der Waals surface area (Å²) in [5.74, 6) is 0.830. The molecule has 0 radical (unpaired) electrons. The number of ether oxygens (including phenoxy) is 1. The zero-order chi connectivity index (χ0) is 12.5. The van der Waals surface area contributed by atoms with Crippen LogP contribution >= 0.6 is 15.9 Å². The Balaban J connectivity index is 2.01. The van der Waals surface area contributed by atoms with Gasteiger partial charge in [0.05, 0.1) is 0 Å². The highest BCUT2D eigenvalue weighted by molar-refractivity contribution is 9.10. The summed E-state index contributed by atoms with van der Waals surface area (Å²) in [5, 5.41) is 2.74. The molecular formula is C13H9BrN2O2. The summed E-state index contributed by atoms with van der Waals surface area (Å²) >= 11 is 3.42. The molecule has 1 aliphatic heterocycles. The fourth-order valence-electron chi connectivity index (χ4n) is 1.83. The minimum absolute atomic E-state index is 0.215. The van der Waals surface area contributed by atoms with Crippen molar-refractivity contribution in [2.75, 3.05) is 5.32 Å². The third kappa shape index (κ3) is 1.86. The molecule has 1 atom stereocenters. The van der Waals surface area contributed by atoms with Gasteiger partial charge in [-0.25, -0.2) is 4.98 Å². The molecule has 5 heteroatoms. The van der Waals surface area contributed by atoms with Gasteiger partial charge in [0.1, 0.15) is 0 Å². The second-order valence-corrected chi connectivity index (χ2v) is 4.71. The first-order chi connectivity index (χ1) is 8.75. The molecule has 1 N–H and O–H groups in total. The van der Waals surface area contributed by atoms with Crippen LogP contribution < -0.4 is 10.1 Å². The average Bonchev–Trinajstić information content (AvgIpc) is 2.39. The van der Waals surface area contributed by atoms with Crippen molar-refractivity contribution in [1.82, 2.24) is 4.98 Å². The van der Waals surface area contributed by atoms with Gasteiger partial charge in [-0.1, -0.05) is 34.1 Å². The fraction of sp³-hybridized carbons (Fsp3) is 0.0769. The van der Waals surface area contributed by atoms with Crippen molar-refractivity contribution in [3.63, 3.8) is 0 Å². The van der Waals surface area contributed by atoms with Crippen LogP contribution in [0.2, 0.25) is 0 Å². The van der Waals surface area contributed by atoms with Gasteiger partial charge in [0.25, 0.3) is 5.91 Å². The van der Waals surface area contributed by atoms with E-state index in [0.717, 1.165) is 10.0 Å². The zero-order valence-corrected chi connectivity index (χ0v) is 10.8. The Hall–Kier alpha value is -1.88. The second-order valence-electron chi connectivity index (χ2n) is 3.86. The fourth-order valence-corrected chi connectivity index (χ4v) is 2.33. The summed E-state index contributed by atoms with van der Waals surface area (Å²) in [6.07, 6.45) is 0.957. The second kappa shape index (κ2) is 4.42. The lowest BCUT2D eigenvalue weighted by molar-refractivity contribution is -0.123. The predicted molar refractivity (Wildman–Crippen MR) is 70.4 cm³/mol. The van der Waals surface area contributed by atoms with E-state index in [1.54, 1.807) is 18.3 Å². The molecular weight excluding hydrogens is 296 g/mol. The van der Waals surface area contributed by atoms with Gasteiger partial charge in [-0.3, -0.25) is 4.79 Å². The lowest BCUT2D eigenvalue weighted by Gasteiger charge is -2.25. The molecule has 90 valence electrons. The summed E-state index contributed by atoms with van der Waals surface area (Å²) in [5.41, 5.74) is 0.796. The quantitative estimate of drug-likeness (QED) is 0.881. The minimum Gasteiger partial charge on any atom is -0.472 e. The number of hydrogen-bond donors (Lipinski definition) is 1. The highest BCUT2D eigenvalue weighted by atomic mass is 79.9. The van der Waals surface area contributed by atoms with Crippen molar-refractivity contribution < 1.29 is 9.53 Å². The van der Waals surface area contributed by atoms with Crippen LogP contribution in [0.3, 0.4) is 0 Å². The normalized spacial score (nSPS) is 17.6. The topological polar surface area (TPSA) is 51.2 Å². The Morgan fingerprint density at radius 1 is 1.22 bits per heavy atom. The molecule has 2 heterocycles. The number of carbonyl (C=O) groups is 1. The third-order valence-corrected chi connectivity index (χ3v) is 3.41. The molecule has 0 spiro atoms. The monoisotopic (exact) mass is 304 g/mol. The van der Waals surface area contributed by atoms with Crippen molar-refractivity contribution in [2.24, 2.45) is 0 Å². The predicted octanol–water partition coefficient (Wildman–Crippen LogP) is 2.92. The third-order valence-electron chi connectivity index (χ3n) is 2.68. The number of anilines is 1. The number of benzene rings is 1. The maximum Gasteiger partial charge on any atom is 0.271 e. The lowest BCUT2D eigenvalue weighted by atomic mass is 10.1. The maximum absolute atomic E-state index is 12.0. The van der Waals surface area contributed by atoms with E-state index in [-0.39, 0.29) is 5.91 Å². The van der Waals surface area contributed by atoms with Crippen molar-refractivity contribution in [2.45, 2.75) is 6.10 Å². The van der Waals surface area contributed by atoms with Gasteiger partial charge in [-0.05, 0) is 18.2 Å². The van der Waals surface area contributed by atoms with E-state index in [0.29, 0.717) is 11.6 Å². The highest BCUT2D eigenvalue weighted by Gasteiger charge is 2.30. The van der Waals surface area contributed by atoms with Gasteiger partial charge in [0.2, 0.25) is 6.10 Å². The zero-order valence-electron chi connectivity index (χ0n) is 9.26. The van der Waals surface area contributed by atoms with E-state index in [1.807, 2.05) is 24.3 Å². The van der Waals surface area contributed by atoms with Gasteiger partial charge < -0.3 is 10.1 Å². The first kappa shape index (κ1) is 11.2. The number of hydrogen-bond acceptors (Lipinski definition) is 3. The van der Waals surface area contributed by atoms with Crippen molar-refractivity contribution in [3.8, 4) is 5.75 Å². The molecule has 1 aliphatic rings. The summed E-state index contributed by atoms with van der Waals surface area (Å²) in [7, 11) is 0. The number of carbonyl (C=O) groups excluding carboxylic acids is 1. The summed E-state index contributed by atoms with van der Waals surface area (Å²) < 4.78 is 6.55. The molecule has 0 saturated heterocycles. The van der Waals surface area contributed by atoms with Crippen LogP contribution in [0, 0.1) is 0 Å². The Morgan fingerprint density at radius 2 is 2.06 bits per heavy atom. The molecule has 0 fully saturated rings. The smallest absolute Gasteiger partial charge is 0.271 e. The maximum atomic E-state index is 12.0. The van der Waals surface area contributed by atoms with E-state index in [4.69, 9.17) is 4.74 Å². The van der Waals surface area contributed by atoms with Crippen LogP contribution in [-0.2, 0) is 4.79 Å². The number of amides is 1. The number of nitrogens with one attached hydrogen (secondary N) is 1. The molecule has 3 rings (SSSR count). The van der Waals surface area contributed by atoms with Gasteiger partial charge in [-0.2, -0.15) is 0 Å². The van der Waals surface area contributed by atoms with Crippen LogP contribution in [0.5, 0.6) is 5.75 Å². The van der Waals surface area contributed by atoms with Gasteiger partial charge in [0, 0.05) is 16.2 Å². The first-order valence-corrected chi connectivity index (χ1v) is 6.22. The molecule has 0 saturated carbocycles. The van der Waals surface area contributed by atoms with Gasteiger partial charge in [0.15, 0.2) is 11.6 Å². The van der Waals surface area contributed by atoms with Gasteiger partial charge in [-0.15, -0.1) is 0 Å². The largest absolute Gasteiger partial charge is 0.472 e. The summed E-state index contributed by atoms with van der Waals surface area (Å²) in [6.45, 7) is 0. The van der Waals surface area contributed by atoms with Crippen LogP contribution in [-0.4, -0.2) is 10.9 Å². The number of pyridine rings is 1. The van der Waals surface area contributed by atoms with Crippen LogP contribution in [0.25, 0.3) is 0 Å². The first-order valence-electron chi connectivity index (χ1n) is 5.42. The standard InChI is InChI=1S/C13H9BrN2O2/c14-9-5-2-1-4-8(9)11-13(17)16-12-10(18-11)6-3-7-15-12/h1-7,11H,(H,15,16,17). The average molecular weight is 305 g/mol. The molecule has 0 bridgehead atoms. The number of fused-ring (bicyclic) bond motifs is 1. The Labute approximate surface area is 112 Å². The lowest BCUT2D eigenvalue weighted by Crippen LogP contribution is -2.30. The molecule has 1 amide bonds. The van der Waals surface area contributed by atoms with E-state index in [1.165, 1.54) is 0 Å². The number of halogens is 1. The number of aromatic nitrogens is 1.